The van der Waals surface area contributed by atoms with E-state index in [2.05, 4.69) is 90.5 Å². The molecule has 4 aromatic rings. The summed E-state index contributed by atoms with van der Waals surface area (Å²) in [6.07, 6.45) is 12.2. The molecule has 2 amide bonds. The van der Waals surface area contributed by atoms with Gasteiger partial charge in [-0.05, 0) is 72.6 Å². The molecule has 41 heavy (non-hydrogen) atoms. The Kier molecular flexibility index (Phi) is 9.76. The number of carbonyl (C=O) groups excluding carboxylic acids is 1. The van der Waals surface area contributed by atoms with Crippen LogP contribution in [0.3, 0.4) is 0 Å². The fourth-order valence-corrected chi connectivity index (χ4v) is 6.40. The first-order valence-corrected chi connectivity index (χ1v) is 15.7. The van der Waals surface area contributed by atoms with Gasteiger partial charge in [-0.25, -0.2) is 9.78 Å². The Balaban J connectivity index is 1.41. The summed E-state index contributed by atoms with van der Waals surface area (Å²) in [4.78, 5) is 20.0. The number of nitrogens with one attached hydrogen (secondary N) is 1. The molecule has 1 aliphatic carbocycles. The van der Waals surface area contributed by atoms with Crippen LogP contribution in [0.5, 0.6) is 0 Å². The first kappa shape index (κ1) is 28.9. The summed E-state index contributed by atoms with van der Waals surface area (Å²) in [6, 6.07) is 23.8. The van der Waals surface area contributed by atoms with E-state index >= 15 is 0 Å². The molecule has 1 aliphatic rings. The van der Waals surface area contributed by atoms with Crippen molar-refractivity contribution in [2.45, 2.75) is 84.6 Å². The van der Waals surface area contributed by atoms with Gasteiger partial charge >= 0.3 is 6.03 Å². The van der Waals surface area contributed by atoms with Crippen LogP contribution in [0.15, 0.2) is 66.7 Å². The highest BCUT2D eigenvalue weighted by molar-refractivity contribution is 5.94. The van der Waals surface area contributed by atoms with Crippen LogP contribution in [0.1, 0.15) is 81.7 Å². The third kappa shape index (κ3) is 7.01. The van der Waals surface area contributed by atoms with Crippen LogP contribution in [-0.2, 0) is 13.0 Å². The van der Waals surface area contributed by atoms with Gasteiger partial charge in [0.15, 0.2) is 0 Å². The second-order valence-electron chi connectivity index (χ2n) is 11.8. The number of anilines is 1. The Morgan fingerprint density at radius 2 is 1.78 bits per heavy atom. The van der Waals surface area contributed by atoms with Crippen molar-refractivity contribution in [1.29, 1.82) is 0 Å². The monoisotopic (exact) mass is 550 g/mol. The van der Waals surface area contributed by atoms with Gasteiger partial charge in [0.2, 0.25) is 0 Å². The Bertz CT molecular complexity index is 1430. The maximum Gasteiger partial charge on any atom is 0.321 e. The van der Waals surface area contributed by atoms with Gasteiger partial charge in [0.05, 0.1) is 11.0 Å². The average molecular weight is 551 g/mol. The van der Waals surface area contributed by atoms with E-state index in [1.165, 1.54) is 60.8 Å². The molecule has 0 aliphatic heterocycles. The number of carbonyl (C=O) groups is 1. The Morgan fingerprint density at radius 3 is 2.51 bits per heavy atom. The summed E-state index contributed by atoms with van der Waals surface area (Å²) in [5, 5.41) is 2.87. The van der Waals surface area contributed by atoms with Crippen LogP contribution < -0.4 is 10.2 Å². The maximum absolute atomic E-state index is 13.0. The topological polar surface area (TPSA) is 50.2 Å². The van der Waals surface area contributed by atoms with Gasteiger partial charge in [0.25, 0.3) is 0 Å². The summed E-state index contributed by atoms with van der Waals surface area (Å²) in [5.41, 5.74) is 8.09. The number of fused-ring (bicyclic) bond motifs is 1. The highest BCUT2D eigenvalue weighted by atomic mass is 16.2. The Labute approximate surface area is 246 Å². The van der Waals surface area contributed by atoms with Crippen molar-refractivity contribution in [2.24, 2.45) is 5.92 Å². The number of urea groups is 1. The number of amides is 2. The highest BCUT2D eigenvalue weighted by Gasteiger charge is 2.19. The van der Waals surface area contributed by atoms with Gasteiger partial charge in [-0.1, -0.05) is 94.0 Å². The summed E-state index contributed by atoms with van der Waals surface area (Å²) in [6.45, 7) is 5.88. The molecule has 0 saturated heterocycles. The lowest BCUT2D eigenvalue weighted by Gasteiger charge is -2.25. The SMILES string of the molecule is CCCCc1nc2ccc(N(CCCC3CCCCC3)C(=O)NC)cc2n1Cc1ccc(-c2ccccc2C)cc1. The summed E-state index contributed by atoms with van der Waals surface area (Å²) in [5.74, 6) is 1.93. The molecule has 0 atom stereocenters. The molecule has 1 N–H and O–H groups in total. The zero-order valence-corrected chi connectivity index (χ0v) is 25.2. The van der Waals surface area contributed by atoms with E-state index in [4.69, 9.17) is 4.98 Å². The molecule has 5 nitrogen and oxygen atoms in total. The minimum atomic E-state index is -0.0444. The van der Waals surface area contributed by atoms with Crippen LogP contribution in [0, 0.1) is 12.8 Å². The number of hydrogen-bond donors (Lipinski definition) is 1. The van der Waals surface area contributed by atoms with Crippen LogP contribution in [-0.4, -0.2) is 29.2 Å². The lowest BCUT2D eigenvalue weighted by Crippen LogP contribution is -2.39. The zero-order valence-electron chi connectivity index (χ0n) is 25.2. The van der Waals surface area contributed by atoms with Gasteiger partial charge in [-0.3, -0.25) is 4.90 Å². The van der Waals surface area contributed by atoms with E-state index < -0.39 is 0 Å². The average Bonchev–Trinajstić information content (AvgIpc) is 3.35. The van der Waals surface area contributed by atoms with Crippen LogP contribution in [0.25, 0.3) is 22.2 Å². The molecule has 1 fully saturated rings. The number of benzene rings is 3. The number of rotatable bonds is 11. The second kappa shape index (κ2) is 13.8. The molecule has 216 valence electrons. The lowest BCUT2D eigenvalue weighted by atomic mass is 9.86. The van der Waals surface area contributed by atoms with E-state index in [0.717, 1.165) is 67.2 Å². The number of imidazole rings is 1. The maximum atomic E-state index is 13.0. The Morgan fingerprint density at radius 1 is 1.00 bits per heavy atom. The van der Waals surface area contributed by atoms with Gasteiger partial charge < -0.3 is 9.88 Å². The minimum absolute atomic E-state index is 0.0444. The van der Waals surface area contributed by atoms with Crippen molar-refractivity contribution in [3.05, 3.63) is 83.7 Å². The molecule has 3 aromatic carbocycles. The number of nitrogens with zero attached hydrogens (tertiary/aromatic N) is 3. The van der Waals surface area contributed by atoms with Crippen molar-refractivity contribution < 1.29 is 4.79 Å². The molecular weight excluding hydrogens is 504 g/mol. The number of unbranched alkanes of at least 4 members (excludes halogenated alkanes) is 1. The predicted octanol–water partition coefficient (Wildman–Crippen LogP) is 8.91. The van der Waals surface area contributed by atoms with E-state index in [9.17, 15) is 4.79 Å². The largest absolute Gasteiger partial charge is 0.341 e. The molecule has 0 unspecified atom stereocenters. The van der Waals surface area contributed by atoms with Gasteiger partial charge in [-0.2, -0.15) is 0 Å². The van der Waals surface area contributed by atoms with Crippen molar-refractivity contribution in [1.82, 2.24) is 14.9 Å². The molecule has 5 rings (SSSR count). The van der Waals surface area contributed by atoms with Crippen molar-refractivity contribution in [3.8, 4) is 11.1 Å². The molecular formula is C36H46N4O. The summed E-state index contributed by atoms with van der Waals surface area (Å²) >= 11 is 0. The normalized spacial score (nSPS) is 13.9. The van der Waals surface area contributed by atoms with E-state index in [1.807, 2.05) is 4.90 Å². The number of aromatic nitrogens is 2. The molecule has 0 spiro atoms. The second-order valence-corrected chi connectivity index (χ2v) is 11.8. The number of hydrogen-bond acceptors (Lipinski definition) is 2. The smallest absolute Gasteiger partial charge is 0.321 e. The molecule has 0 bridgehead atoms. The van der Waals surface area contributed by atoms with E-state index in [1.54, 1.807) is 7.05 Å². The lowest BCUT2D eigenvalue weighted by molar-refractivity contribution is 0.247. The quantitative estimate of drug-likeness (QED) is 0.203. The molecule has 0 radical (unpaired) electrons. The van der Waals surface area contributed by atoms with E-state index in [0.29, 0.717) is 0 Å². The fourth-order valence-electron chi connectivity index (χ4n) is 6.40. The first-order chi connectivity index (χ1) is 20.1. The fraction of sp³-hybridized carbons (Fsp3) is 0.444. The third-order valence-corrected chi connectivity index (χ3v) is 8.81. The molecule has 1 aromatic heterocycles. The third-order valence-electron chi connectivity index (χ3n) is 8.81. The van der Waals surface area contributed by atoms with Crippen LogP contribution in [0.4, 0.5) is 10.5 Å². The first-order valence-electron chi connectivity index (χ1n) is 15.7. The predicted molar refractivity (Wildman–Crippen MR) is 172 cm³/mol. The minimum Gasteiger partial charge on any atom is -0.341 e. The standard InChI is InChI=1S/C36H46N4O/c1-4-5-17-35-38-33-23-22-31(39(36(41)37-3)24-11-15-28-13-7-6-8-14-28)25-34(33)40(35)26-29-18-20-30(21-19-29)32-16-10-9-12-27(32)2/h9-10,12,16,18-23,25,28H,4-8,11,13-15,17,24,26H2,1-3H3,(H,37,41). The van der Waals surface area contributed by atoms with Gasteiger partial charge in [-0.15, -0.1) is 0 Å². The summed E-state index contributed by atoms with van der Waals surface area (Å²) in [7, 11) is 1.72. The van der Waals surface area contributed by atoms with Crippen molar-refractivity contribution >= 4 is 22.8 Å². The highest BCUT2D eigenvalue weighted by Crippen LogP contribution is 2.30. The Hall–Kier alpha value is -3.60. The van der Waals surface area contributed by atoms with Crippen molar-refractivity contribution in [3.63, 3.8) is 0 Å². The zero-order chi connectivity index (χ0) is 28.6. The molecule has 5 heteroatoms. The van der Waals surface area contributed by atoms with Gasteiger partial charge in [0.1, 0.15) is 5.82 Å². The number of aryl methyl sites for hydroxylation is 2. The molecule has 1 saturated carbocycles. The van der Waals surface area contributed by atoms with Crippen LogP contribution >= 0.6 is 0 Å². The van der Waals surface area contributed by atoms with Crippen LogP contribution in [0.2, 0.25) is 0 Å². The van der Waals surface area contributed by atoms with E-state index in [-0.39, 0.29) is 6.03 Å². The summed E-state index contributed by atoms with van der Waals surface area (Å²) < 4.78 is 2.36. The van der Waals surface area contributed by atoms with Gasteiger partial charge in [0, 0.05) is 32.2 Å². The molecule has 1 heterocycles. The van der Waals surface area contributed by atoms with Crippen molar-refractivity contribution in [2.75, 3.05) is 18.5 Å².